The molecule has 1 heterocycles. The fourth-order valence-electron chi connectivity index (χ4n) is 1.44. The molecule has 0 aromatic carbocycles. The summed E-state index contributed by atoms with van der Waals surface area (Å²) in [6.45, 7) is 1.22. The zero-order chi connectivity index (χ0) is 14.8. The lowest BCUT2D eigenvalue weighted by Crippen LogP contribution is -2.18. The molecule has 0 fully saturated rings. The number of aromatic nitrogens is 3. The quantitative estimate of drug-likeness (QED) is 0.652. The third kappa shape index (κ3) is 8.08. The molecule has 0 aliphatic carbocycles. The third-order valence-electron chi connectivity index (χ3n) is 2.32. The van der Waals surface area contributed by atoms with Gasteiger partial charge in [0.05, 0.1) is 12.3 Å². The molecule has 1 aromatic heterocycles. The number of aryl methyl sites for hydroxylation is 1. The van der Waals surface area contributed by atoms with Crippen LogP contribution in [0, 0.1) is 0 Å². The number of hydrogen-bond acceptors (Lipinski definition) is 5. The fourth-order valence-corrected chi connectivity index (χ4v) is 1.44. The first-order valence-corrected chi connectivity index (χ1v) is 6.24. The number of nitrogens with one attached hydrogen (secondary N) is 1. The van der Waals surface area contributed by atoms with E-state index in [4.69, 9.17) is 4.74 Å². The number of nitrogens with zero attached hydrogens (tertiary/aromatic N) is 3. The first-order valence-electron chi connectivity index (χ1n) is 6.24. The van der Waals surface area contributed by atoms with Crippen LogP contribution in [-0.2, 0) is 22.6 Å². The Bertz CT molecular complexity index is 371. The van der Waals surface area contributed by atoms with Crippen LogP contribution in [0.4, 0.5) is 13.2 Å². The number of rotatable bonds is 10. The van der Waals surface area contributed by atoms with E-state index in [1.165, 1.54) is 0 Å². The highest BCUT2D eigenvalue weighted by molar-refractivity contribution is 4.91. The van der Waals surface area contributed by atoms with E-state index in [9.17, 15) is 13.2 Å². The fraction of sp³-hybridized carbons (Fsp3) is 0.818. The van der Waals surface area contributed by atoms with Gasteiger partial charge in [-0.3, -0.25) is 4.68 Å². The molecule has 1 rings (SSSR count). The molecule has 0 atom stereocenters. The van der Waals surface area contributed by atoms with E-state index >= 15 is 0 Å². The molecule has 0 aliphatic heterocycles. The summed E-state index contributed by atoms with van der Waals surface area (Å²) >= 11 is 0. The van der Waals surface area contributed by atoms with Gasteiger partial charge < -0.3 is 14.8 Å². The van der Waals surface area contributed by atoms with Crippen molar-refractivity contribution < 1.29 is 22.6 Å². The molecule has 0 amide bonds. The standard InChI is InChI=1S/C11H19F3N4O2/c1-19-6-3-15-7-10-8-18(17-16-10)4-2-5-20-9-11(12,13)14/h8,15H,2-7,9H2,1H3. The topological polar surface area (TPSA) is 61.2 Å². The predicted octanol–water partition coefficient (Wildman–Crippen LogP) is 0.983. The summed E-state index contributed by atoms with van der Waals surface area (Å²) in [6.07, 6.45) is -2.06. The Kier molecular flexibility index (Phi) is 7.48. The Labute approximate surface area is 115 Å². The van der Waals surface area contributed by atoms with Crippen molar-refractivity contribution >= 4 is 0 Å². The molecule has 0 saturated carbocycles. The summed E-state index contributed by atoms with van der Waals surface area (Å²) in [7, 11) is 1.62. The Morgan fingerprint density at radius 1 is 1.35 bits per heavy atom. The van der Waals surface area contributed by atoms with E-state index < -0.39 is 12.8 Å². The molecular formula is C11H19F3N4O2. The zero-order valence-corrected chi connectivity index (χ0v) is 11.3. The molecule has 0 radical (unpaired) electrons. The maximum Gasteiger partial charge on any atom is 0.411 e. The van der Waals surface area contributed by atoms with Crippen molar-refractivity contribution in [3.05, 3.63) is 11.9 Å². The van der Waals surface area contributed by atoms with Crippen LogP contribution in [-0.4, -0.2) is 54.6 Å². The van der Waals surface area contributed by atoms with Crippen LogP contribution in [0.5, 0.6) is 0 Å². The van der Waals surface area contributed by atoms with Crippen LogP contribution < -0.4 is 5.32 Å². The summed E-state index contributed by atoms with van der Waals surface area (Å²) in [4.78, 5) is 0. The number of hydrogen-bond donors (Lipinski definition) is 1. The predicted molar refractivity (Wildman–Crippen MR) is 65.1 cm³/mol. The number of methoxy groups -OCH3 is 1. The molecule has 0 bridgehead atoms. The summed E-state index contributed by atoms with van der Waals surface area (Å²) < 4.78 is 46.4. The number of alkyl halides is 3. The summed E-state index contributed by atoms with van der Waals surface area (Å²) in [5, 5.41) is 10.9. The van der Waals surface area contributed by atoms with Gasteiger partial charge in [0.2, 0.25) is 0 Å². The van der Waals surface area contributed by atoms with Crippen molar-refractivity contribution in [2.75, 3.05) is 33.5 Å². The molecule has 1 N–H and O–H groups in total. The van der Waals surface area contributed by atoms with Gasteiger partial charge in [0.15, 0.2) is 0 Å². The Balaban J connectivity index is 2.11. The molecule has 116 valence electrons. The Hall–Kier alpha value is -1.19. The minimum atomic E-state index is -4.27. The number of halogens is 3. The maximum atomic E-state index is 11.8. The molecular weight excluding hydrogens is 277 g/mol. The van der Waals surface area contributed by atoms with Gasteiger partial charge in [0.1, 0.15) is 6.61 Å². The van der Waals surface area contributed by atoms with Crippen molar-refractivity contribution in [1.82, 2.24) is 20.3 Å². The lowest BCUT2D eigenvalue weighted by Gasteiger charge is -2.07. The normalized spacial score (nSPS) is 12.0. The molecule has 1 aromatic rings. The number of ether oxygens (including phenoxy) is 2. The van der Waals surface area contributed by atoms with Gasteiger partial charge in [0, 0.05) is 39.5 Å². The van der Waals surface area contributed by atoms with E-state index in [1.54, 1.807) is 18.0 Å². The van der Waals surface area contributed by atoms with Crippen LogP contribution in [0.1, 0.15) is 12.1 Å². The van der Waals surface area contributed by atoms with Crippen LogP contribution in [0.25, 0.3) is 0 Å². The highest BCUT2D eigenvalue weighted by Crippen LogP contribution is 2.14. The molecule has 6 nitrogen and oxygen atoms in total. The summed E-state index contributed by atoms with van der Waals surface area (Å²) in [5.74, 6) is 0. The SMILES string of the molecule is COCCNCc1cn(CCCOCC(F)(F)F)nn1. The minimum absolute atomic E-state index is 0.0425. The van der Waals surface area contributed by atoms with Crippen LogP contribution >= 0.6 is 0 Å². The van der Waals surface area contributed by atoms with Crippen molar-refractivity contribution in [2.45, 2.75) is 25.7 Å². The highest BCUT2D eigenvalue weighted by Gasteiger charge is 2.27. The van der Waals surface area contributed by atoms with Gasteiger partial charge >= 0.3 is 6.18 Å². The third-order valence-corrected chi connectivity index (χ3v) is 2.32. The van der Waals surface area contributed by atoms with E-state index in [2.05, 4.69) is 20.4 Å². The lowest BCUT2D eigenvalue weighted by atomic mass is 10.4. The molecule has 0 saturated heterocycles. The smallest absolute Gasteiger partial charge is 0.383 e. The van der Waals surface area contributed by atoms with Crippen LogP contribution in [0.3, 0.4) is 0 Å². The zero-order valence-electron chi connectivity index (χ0n) is 11.3. The van der Waals surface area contributed by atoms with Crippen molar-refractivity contribution in [3.8, 4) is 0 Å². The van der Waals surface area contributed by atoms with Crippen molar-refractivity contribution in [3.63, 3.8) is 0 Å². The molecule has 0 aliphatic rings. The Morgan fingerprint density at radius 2 is 2.15 bits per heavy atom. The van der Waals surface area contributed by atoms with Gasteiger partial charge in [-0.1, -0.05) is 5.21 Å². The van der Waals surface area contributed by atoms with Gasteiger partial charge in [-0.05, 0) is 6.42 Å². The summed E-state index contributed by atoms with van der Waals surface area (Å²) in [5.41, 5.74) is 0.775. The Morgan fingerprint density at radius 3 is 2.85 bits per heavy atom. The first kappa shape index (κ1) is 16.9. The summed E-state index contributed by atoms with van der Waals surface area (Å²) in [6, 6.07) is 0. The van der Waals surface area contributed by atoms with Gasteiger partial charge in [0.25, 0.3) is 0 Å². The molecule has 20 heavy (non-hydrogen) atoms. The van der Waals surface area contributed by atoms with Gasteiger partial charge in [-0.15, -0.1) is 5.10 Å². The van der Waals surface area contributed by atoms with Crippen LogP contribution in [0.15, 0.2) is 6.20 Å². The molecule has 9 heteroatoms. The van der Waals surface area contributed by atoms with Gasteiger partial charge in [-0.25, -0.2) is 0 Å². The van der Waals surface area contributed by atoms with E-state index in [0.717, 1.165) is 5.69 Å². The molecule has 0 unspecified atom stereocenters. The highest BCUT2D eigenvalue weighted by atomic mass is 19.4. The van der Waals surface area contributed by atoms with E-state index in [0.29, 0.717) is 32.7 Å². The van der Waals surface area contributed by atoms with Gasteiger partial charge in [-0.2, -0.15) is 13.2 Å². The van der Waals surface area contributed by atoms with Crippen molar-refractivity contribution in [1.29, 1.82) is 0 Å². The first-order chi connectivity index (χ1) is 9.51. The second kappa shape index (κ2) is 8.88. The largest absolute Gasteiger partial charge is 0.411 e. The van der Waals surface area contributed by atoms with E-state index in [1.807, 2.05) is 0 Å². The average Bonchev–Trinajstić information content (AvgIpc) is 2.81. The lowest BCUT2D eigenvalue weighted by molar-refractivity contribution is -0.174. The maximum absolute atomic E-state index is 11.8. The molecule has 0 spiro atoms. The van der Waals surface area contributed by atoms with Crippen LogP contribution in [0.2, 0.25) is 0 Å². The second-order valence-electron chi connectivity index (χ2n) is 4.16. The van der Waals surface area contributed by atoms with E-state index in [-0.39, 0.29) is 6.61 Å². The average molecular weight is 296 g/mol. The minimum Gasteiger partial charge on any atom is -0.383 e. The van der Waals surface area contributed by atoms with Crippen molar-refractivity contribution in [2.24, 2.45) is 0 Å². The monoisotopic (exact) mass is 296 g/mol. The second-order valence-corrected chi connectivity index (χ2v) is 4.16.